The minimum atomic E-state index is -4.34. The average molecular weight is 358 g/mol. The van der Waals surface area contributed by atoms with Crippen molar-refractivity contribution >= 4 is 5.96 Å². The van der Waals surface area contributed by atoms with Crippen LogP contribution in [0.15, 0.2) is 29.3 Å². The summed E-state index contributed by atoms with van der Waals surface area (Å²) in [5.74, 6) is 0.566. The lowest BCUT2D eigenvalue weighted by Crippen LogP contribution is -2.48. The number of benzene rings is 1. The van der Waals surface area contributed by atoms with Crippen LogP contribution in [-0.4, -0.2) is 56.8 Å². The van der Waals surface area contributed by atoms with Crippen molar-refractivity contribution in [2.24, 2.45) is 4.99 Å². The van der Waals surface area contributed by atoms with Gasteiger partial charge in [0.25, 0.3) is 0 Å². The highest BCUT2D eigenvalue weighted by atomic mass is 19.4. The van der Waals surface area contributed by atoms with Gasteiger partial charge in [0.05, 0.1) is 24.8 Å². The van der Waals surface area contributed by atoms with Gasteiger partial charge in [0.1, 0.15) is 0 Å². The van der Waals surface area contributed by atoms with Crippen LogP contribution in [0, 0.1) is 0 Å². The Bertz CT molecular complexity index is 577. The largest absolute Gasteiger partial charge is 0.416 e. The molecule has 1 atom stereocenters. The van der Waals surface area contributed by atoms with Crippen LogP contribution >= 0.6 is 0 Å². The van der Waals surface area contributed by atoms with Gasteiger partial charge in [-0.2, -0.15) is 13.2 Å². The van der Waals surface area contributed by atoms with Crippen LogP contribution in [0.1, 0.15) is 18.1 Å². The quantitative estimate of drug-likeness (QED) is 0.625. The van der Waals surface area contributed by atoms with Crippen molar-refractivity contribution in [3.63, 3.8) is 0 Å². The molecule has 1 aromatic carbocycles. The molecule has 5 nitrogen and oxygen atoms in total. The zero-order chi connectivity index (χ0) is 18.3. The van der Waals surface area contributed by atoms with Gasteiger partial charge in [0.2, 0.25) is 0 Å². The van der Waals surface area contributed by atoms with Crippen molar-refractivity contribution in [3.05, 3.63) is 35.4 Å². The maximum absolute atomic E-state index is 12.8. The zero-order valence-electron chi connectivity index (χ0n) is 14.6. The van der Waals surface area contributed by atoms with Crippen molar-refractivity contribution < 1.29 is 17.9 Å². The molecule has 8 heteroatoms. The van der Waals surface area contributed by atoms with E-state index in [1.165, 1.54) is 6.07 Å². The molecule has 0 spiro atoms. The fraction of sp³-hybridized carbons (Fsp3) is 0.588. The minimum Gasteiger partial charge on any atom is -0.374 e. The number of hydrogen-bond donors (Lipinski definition) is 2. The average Bonchev–Trinajstić information content (AvgIpc) is 2.57. The molecular weight excluding hydrogens is 333 g/mol. The predicted octanol–water partition coefficient (Wildman–Crippen LogP) is 2.09. The van der Waals surface area contributed by atoms with Crippen LogP contribution < -0.4 is 10.6 Å². The molecule has 1 aliphatic heterocycles. The number of halogens is 3. The number of likely N-dealkylation sites (N-methyl/N-ethyl adjacent to an activating group) is 1. The third kappa shape index (κ3) is 6.55. The first-order chi connectivity index (χ1) is 11.9. The number of ether oxygens (including phenoxy) is 1. The number of nitrogens with one attached hydrogen (secondary N) is 2. The summed E-state index contributed by atoms with van der Waals surface area (Å²) in [4.78, 5) is 6.57. The Labute approximate surface area is 146 Å². The monoisotopic (exact) mass is 358 g/mol. The van der Waals surface area contributed by atoms with E-state index in [2.05, 4.69) is 20.5 Å². The molecule has 1 aliphatic rings. The molecule has 2 N–H and O–H groups in total. The molecule has 0 aromatic heterocycles. The summed E-state index contributed by atoms with van der Waals surface area (Å²) in [7, 11) is 2.04. The van der Waals surface area contributed by atoms with Crippen LogP contribution in [0.3, 0.4) is 0 Å². The number of morpholine rings is 1. The van der Waals surface area contributed by atoms with Crippen molar-refractivity contribution in [2.75, 3.05) is 39.8 Å². The predicted molar refractivity (Wildman–Crippen MR) is 91.5 cm³/mol. The lowest BCUT2D eigenvalue weighted by atomic mass is 10.1. The van der Waals surface area contributed by atoms with Gasteiger partial charge >= 0.3 is 6.18 Å². The van der Waals surface area contributed by atoms with E-state index in [-0.39, 0.29) is 12.6 Å². The van der Waals surface area contributed by atoms with Crippen molar-refractivity contribution in [1.82, 2.24) is 15.5 Å². The Kier molecular flexibility index (Phi) is 7.07. The first-order valence-electron chi connectivity index (χ1n) is 8.37. The lowest BCUT2D eigenvalue weighted by Gasteiger charge is -2.30. The number of alkyl halides is 3. The highest BCUT2D eigenvalue weighted by Gasteiger charge is 2.30. The molecule has 2 rings (SSSR count). The summed E-state index contributed by atoms with van der Waals surface area (Å²) >= 11 is 0. The second-order valence-electron chi connectivity index (χ2n) is 6.03. The first-order valence-corrected chi connectivity index (χ1v) is 8.37. The van der Waals surface area contributed by atoms with Gasteiger partial charge in [-0.25, -0.2) is 4.99 Å². The maximum Gasteiger partial charge on any atom is 0.416 e. The van der Waals surface area contributed by atoms with Crippen LogP contribution in [0.2, 0.25) is 0 Å². The minimum absolute atomic E-state index is 0.0659. The standard InChI is InChI=1S/C17H25F3N4O/c1-3-21-16(23-11-15-12-24(2)7-8-25-15)22-10-13-5-4-6-14(9-13)17(18,19)20/h4-6,9,15H,3,7-8,10-12H2,1-2H3,(H2,21,22,23). The molecule has 0 aliphatic carbocycles. The molecule has 1 heterocycles. The summed E-state index contributed by atoms with van der Waals surface area (Å²) in [6, 6.07) is 5.24. The molecule has 0 bridgehead atoms. The zero-order valence-corrected chi connectivity index (χ0v) is 14.6. The van der Waals surface area contributed by atoms with Crippen molar-refractivity contribution in [3.8, 4) is 0 Å². The smallest absolute Gasteiger partial charge is 0.374 e. The molecule has 25 heavy (non-hydrogen) atoms. The normalized spacial score (nSPS) is 19.7. The van der Waals surface area contributed by atoms with Gasteiger partial charge in [-0.15, -0.1) is 0 Å². The van der Waals surface area contributed by atoms with Gasteiger partial charge in [-0.3, -0.25) is 0 Å². The van der Waals surface area contributed by atoms with E-state index in [0.29, 0.717) is 31.2 Å². The van der Waals surface area contributed by atoms with Crippen LogP contribution in [0.5, 0.6) is 0 Å². The summed E-state index contributed by atoms with van der Waals surface area (Å²) in [6.07, 6.45) is -4.27. The Morgan fingerprint density at radius 3 is 2.84 bits per heavy atom. The Morgan fingerprint density at radius 2 is 2.16 bits per heavy atom. The van der Waals surface area contributed by atoms with Gasteiger partial charge in [-0.05, 0) is 31.7 Å². The number of nitrogens with zero attached hydrogens (tertiary/aromatic N) is 2. The second kappa shape index (κ2) is 9.05. The van der Waals surface area contributed by atoms with E-state index in [1.807, 2.05) is 14.0 Å². The fourth-order valence-corrected chi connectivity index (χ4v) is 2.56. The van der Waals surface area contributed by atoms with E-state index < -0.39 is 11.7 Å². The Balaban J connectivity index is 1.95. The molecular formula is C17H25F3N4O. The number of guanidine groups is 1. The van der Waals surface area contributed by atoms with Gasteiger partial charge in [0, 0.05) is 26.2 Å². The van der Waals surface area contributed by atoms with E-state index in [9.17, 15) is 13.2 Å². The molecule has 1 saturated heterocycles. The third-order valence-electron chi connectivity index (χ3n) is 3.86. The highest BCUT2D eigenvalue weighted by molar-refractivity contribution is 5.79. The summed E-state index contributed by atoms with van der Waals surface area (Å²) in [6.45, 7) is 5.82. The van der Waals surface area contributed by atoms with Gasteiger partial charge < -0.3 is 20.3 Å². The highest BCUT2D eigenvalue weighted by Crippen LogP contribution is 2.29. The number of hydrogen-bond acceptors (Lipinski definition) is 3. The van der Waals surface area contributed by atoms with Gasteiger partial charge in [-0.1, -0.05) is 12.1 Å². The second-order valence-corrected chi connectivity index (χ2v) is 6.03. The fourth-order valence-electron chi connectivity index (χ4n) is 2.56. The Hall–Kier alpha value is -1.80. The summed E-state index contributed by atoms with van der Waals surface area (Å²) in [5.41, 5.74) is -0.141. The molecule has 1 aromatic rings. The molecule has 1 unspecified atom stereocenters. The van der Waals surface area contributed by atoms with Crippen LogP contribution in [0.25, 0.3) is 0 Å². The van der Waals surface area contributed by atoms with Crippen LogP contribution in [-0.2, 0) is 17.5 Å². The van der Waals surface area contributed by atoms with E-state index in [0.717, 1.165) is 25.2 Å². The van der Waals surface area contributed by atoms with Crippen LogP contribution in [0.4, 0.5) is 13.2 Å². The summed E-state index contributed by atoms with van der Waals surface area (Å²) < 4.78 is 44.0. The summed E-state index contributed by atoms with van der Waals surface area (Å²) in [5, 5.41) is 6.29. The maximum atomic E-state index is 12.8. The Morgan fingerprint density at radius 1 is 1.36 bits per heavy atom. The molecule has 0 saturated carbocycles. The van der Waals surface area contributed by atoms with E-state index in [4.69, 9.17) is 4.74 Å². The molecule has 140 valence electrons. The molecule has 0 amide bonds. The van der Waals surface area contributed by atoms with Crippen molar-refractivity contribution in [2.45, 2.75) is 25.7 Å². The number of aliphatic imine (C=N–C) groups is 1. The SMILES string of the molecule is CCNC(=NCc1cccc(C(F)(F)F)c1)NCC1CN(C)CCO1. The topological polar surface area (TPSA) is 48.9 Å². The van der Waals surface area contributed by atoms with Gasteiger partial charge in [0.15, 0.2) is 5.96 Å². The van der Waals surface area contributed by atoms with E-state index in [1.54, 1.807) is 6.07 Å². The molecule has 1 fully saturated rings. The molecule has 0 radical (unpaired) electrons. The van der Waals surface area contributed by atoms with E-state index >= 15 is 0 Å². The van der Waals surface area contributed by atoms with Crippen molar-refractivity contribution in [1.29, 1.82) is 0 Å². The third-order valence-corrected chi connectivity index (χ3v) is 3.86. The first kappa shape index (κ1) is 19.5. The lowest BCUT2D eigenvalue weighted by molar-refractivity contribution is -0.137. The number of rotatable bonds is 5.